The number of fused-ring (bicyclic) bond motifs is 5. The van der Waals surface area contributed by atoms with Crippen LogP contribution in [0.1, 0.15) is 32.4 Å². The zero-order valence-corrected chi connectivity index (χ0v) is 19.0. The number of benzene rings is 3. The molecule has 8 nitrogen and oxygen atoms in total. The van der Waals surface area contributed by atoms with Crippen molar-refractivity contribution in [2.24, 2.45) is 0 Å². The fourth-order valence-corrected chi connectivity index (χ4v) is 4.55. The van der Waals surface area contributed by atoms with Crippen molar-refractivity contribution in [3.63, 3.8) is 0 Å². The van der Waals surface area contributed by atoms with Crippen LogP contribution in [0.3, 0.4) is 0 Å². The Balaban J connectivity index is 1.58. The van der Waals surface area contributed by atoms with Gasteiger partial charge in [-0.1, -0.05) is 18.2 Å². The number of carbonyl (C=O) groups is 3. The van der Waals surface area contributed by atoms with Gasteiger partial charge in [0, 0.05) is 5.56 Å². The van der Waals surface area contributed by atoms with Crippen LogP contribution in [0, 0.1) is 17.5 Å². The maximum Gasteiger partial charge on any atom is 0.264 e. The van der Waals surface area contributed by atoms with E-state index in [-0.39, 0.29) is 16.9 Å². The van der Waals surface area contributed by atoms with E-state index in [1.165, 1.54) is 25.2 Å². The lowest BCUT2D eigenvalue weighted by Gasteiger charge is -2.40. The van der Waals surface area contributed by atoms with Crippen molar-refractivity contribution in [2.75, 3.05) is 31.0 Å². The number of rotatable bonds is 5. The summed E-state index contributed by atoms with van der Waals surface area (Å²) in [7, 11) is 2.80. The van der Waals surface area contributed by atoms with Crippen molar-refractivity contribution in [3.8, 4) is 11.5 Å². The summed E-state index contributed by atoms with van der Waals surface area (Å²) in [6.07, 6.45) is -1.02. The molecule has 2 heterocycles. The van der Waals surface area contributed by atoms with Crippen molar-refractivity contribution >= 4 is 29.1 Å². The molecule has 3 aromatic carbocycles. The van der Waals surface area contributed by atoms with Gasteiger partial charge >= 0.3 is 0 Å². The Labute approximate surface area is 202 Å². The van der Waals surface area contributed by atoms with Crippen molar-refractivity contribution < 1.29 is 37.0 Å². The molecular weight excluding hydrogens is 479 g/mol. The first-order chi connectivity index (χ1) is 17.3. The number of methoxy groups -OCH3 is 2. The Morgan fingerprint density at radius 2 is 1.69 bits per heavy atom. The first-order valence-corrected chi connectivity index (χ1v) is 10.7. The number of para-hydroxylation sites is 1. The van der Waals surface area contributed by atoms with Crippen LogP contribution in [0.5, 0.6) is 11.5 Å². The second-order valence-electron chi connectivity index (χ2n) is 8.04. The van der Waals surface area contributed by atoms with Gasteiger partial charge in [0.05, 0.1) is 36.7 Å². The number of nitrogens with zero attached hydrogens (tertiary/aromatic N) is 2. The van der Waals surface area contributed by atoms with Gasteiger partial charge in [0.15, 0.2) is 29.0 Å². The summed E-state index contributed by atoms with van der Waals surface area (Å²) in [5.41, 5.74) is 0.497. The van der Waals surface area contributed by atoms with Crippen molar-refractivity contribution in [2.45, 2.75) is 6.17 Å². The van der Waals surface area contributed by atoms with E-state index in [4.69, 9.17) is 9.47 Å². The molecule has 2 aliphatic heterocycles. The quantitative estimate of drug-likeness (QED) is 0.541. The Morgan fingerprint density at radius 3 is 2.42 bits per heavy atom. The second kappa shape index (κ2) is 8.59. The third kappa shape index (κ3) is 3.35. The largest absolute Gasteiger partial charge is 0.493 e. The fraction of sp³-hybridized carbons (Fsp3) is 0.160. The average molecular weight is 497 g/mol. The van der Waals surface area contributed by atoms with Crippen LogP contribution in [0.4, 0.5) is 24.5 Å². The molecule has 0 aliphatic carbocycles. The lowest BCUT2D eigenvalue weighted by atomic mass is 10.0. The summed E-state index contributed by atoms with van der Waals surface area (Å²) in [6.45, 7) is -0.617. The highest BCUT2D eigenvalue weighted by molar-refractivity contribution is 6.18. The highest BCUT2D eigenvalue weighted by Crippen LogP contribution is 2.49. The Morgan fingerprint density at radius 1 is 0.944 bits per heavy atom. The van der Waals surface area contributed by atoms with Crippen LogP contribution in [-0.2, 0) is 4.79 Å². The van der Waals surface area contributed by atoms with E-state index in [9.17, 15) is 27.6 Å². The highest BCUT2D eigenvalue weighted by atomic mass is 19.2. The first-order valence-electron chi connectivity index (χ1n) is 10.7. The van der Waals surface area contributed by atoms with E-state index in [1.54, 1.807) is 30.3 Å². The van der Waals surface area contributed by atoms with Gasteiger partial charge in [-0.3, -0.25) is 19.3 Å². The number of carbonyl (C=O) groups excluding carboxylic acids is 3. The number of ether oxygens (including phenoxy) is 2. The topological polar surface area (TPSA) is 88.2 Å². The minimum Gasteiger partial charge on any atom is -0.493 e. The third-order valence-corrected chi connectivity index (χ3v) is 6.11. The van der Waals surface area contributed by atoms with E-state index in [2.05, 4.69) is 5.32 Å². The van der Waals surface area contributed by atoms with E-state index >= 15 is 0 Å². The Kier molecular flexibility index (Phi) is 5.54. The summed E-state index contributed by atoms with van der Waals surface area (Å²) in [4.78, 5) is 42.5. The van der Waals surface area contributed by atoms with Crippen molar-refractivity contribution in [1.82, 2.24) is 4.90 Å². The van der Waals surface area contributed by atoms with Gasteiger partial charge in [-0.2, -0.15) is 0 Å². The predicted molar refractivity (Wildman–Crippen MR) is 122 cm³/mol. The molecule has 2 aliphatic rings. The molecule has 0 saturated heterocycles. The molecule has 0 spiro atoms. The van der Waals surface area contributed by atoms with Gasteiger partial charge in [0.25, 0.3) is 11.8 Å². The van der Waals surface area contributed by atoms with Crippen LogP contribution in [0.15, 0.2) is 48.5 Å². The molecular formula is C25H18F3N3O5. The molecule has 184 valence electrons. The highest BCUT2D eigenvalue weighted by Gasteiger charge is 2.50. The monoisotopic (exact) mass is 497 g/mol. The van der Waals surface area contributed by atoms with Gasteiger partial charge in [-0.05, 0) is 30.3 Å². The van der Waals surface area contributed by atoms with Crippen molar-refractivity contribution in [3.05, 3.63) is 82.7 Å². The van der Waals surface area contributed by atoms with Crippen LogP contribution in [0.25, 0.3) is 0 Å². The van der Waals surface area contributed by atoms with Gasteiger partial charge in [0.2, 0.25) is 5.91 Å². The fourth-order valence-electron chi connectivity index (χ4n) is 4.55. The third-order valence-electron chi connectivity index (χ3n) is 6.11. The predicted octanol–water partition coefficient (Wildman–Crippen LogP) is 3.87. The van der Waals surface area contributed by atoms with Gasteiger partial charge in [-0.25, -0.2) is 13.2 Å². The molecule has 1 atom stereocenters. The smallest absolute Gasteiger partial charge is 0.264 e. The van der Waals surface area contributed by atoms with E-state index in [0.29, 0.717) is 23.1 Å². The molecule has 0 saturated carbocycles. The zero-order valence-electron chi connectivity index (χ0n) is 19.0. The summed E-state index contributed by atoms with van der Waals surface area (Å²) < 4.78 is 51.7. The Hall–Kier alpha value is -4.54. The minimum absolute atomic E-state index is 0.170. The molecule has 0 fully saturated rings. The summed E-state index contributed by atoms with van der Waals surface area (Å²) in [6, 6.07) is 11.1. The van der Waals surface area contributed by atoms with Crippen molar-refractivity contribution in [1.29, 1.82) is 0 Å². The van der Waals surface area contributed by atoms with Gasteiger partial charge in [0.1, 0.15) is 12.7 Å². The maximum absolute atomic E-state index is 14.1. The van der Waals surface area contributed by atoms with Crippen LogP contribution in [-0.4, -0.2) is 43.4 Å². The number of nitrogens with one attached hydrogen (secondary N) is 1. The molecule has 1 N–H and O–H groups in total. The molecule has 3 amide bonds. The standard InChI is InChI=1S/C25H18F3N3O5/c1-35-17-10-7-13-19(22(17)36-2)25(34)31-16-6-4-3-5-12(16)24(33)30(23(13)31)11-18(32)29-15-9-8-14(26)20(27)21(15)28/h3-10,23H,11H2,1-2H3,(H,29,32)/t23-/m1/s1. The molecule has 0 unspecified atom stereocenters. The molecule has 36 heavy (non-hydrogen) atoms. The summed E-state index contributed by atoms with van der Waals surface area (Å²) >= 11 is 0. The number of anilines is 2. The van der Waals surface area contributed by atoms with E-state index in [1.807, 2.05) is 0 Å². The number of hydrogen-bond acceptors (Lipinski definition) is 5. The summed E-state index contributed by atoms with van der Waals surface area (Å²) in [5.74, 6) is -6.14. The minimum atomic E-state index is -1.74. The SMILES string of the molecule is COc1ccc2c(c1OC)C(=O)N1c3ccccc3C(=O)N(CC(=O)Nc3ccc(F)c(F)c3F)[C@@H]21. The van der Waals surface area contributed by atoms with Gasteiger partial charge < -0.3 is 19.7 Å². The second-order valence-corrected chi connectivity index (χ2v) is 8.04. The normalized spacial score (nSPS) is 15.9. The molecule has 0 aromatic heterocycles. The number of amides is 3. The Bertz CT molecular complexity index is 1440. The molecule has 3 aromatic rings. The molecule has 5 rings (SSSR count). The molecule has 0 bridgehead atoms. The van der Waals surface area contributed by atoms with Crippen LogP contribution < -0.4 is 19.7 Å². The maximum atomic E-state index is 14.1. The lowest BCUT2D eigenvalue weighted by molar-refractivity contribution is -0.117. The van der Waals surface area contributed by atoms with Crippen LogP contribution >= 0.6 is 0 Å². The van der Waals surface area contributed by atoms with E-state index < -0.39 is 53.6 Å². The molecule has 11 heteroatoms. The average Bonchev–Trinajstić information content (AvgIpc) is 3.18. The zero-order chi connectivity index (χ0) is 25.7. The van der Waals surface area contributed by atoms with Gasteiger partial charge in [-0.15, -0.1) is 0 Å². The number of hydrogen-bond donors (Lipinski definition) is 1. The molecule has 0 radical (unpaired) electrons. The first kappa shape index (κ1) is 23.2. The summed E-state index contributed by atoms with van der Waals surface area (Å²) in [5, 5.41) is 2.16. The lowest BCUT2D eigenvalue weighted by Crippen LogP contribution is -2.50. The van der Waals surface area contributed by atoms with Crippen LogP contribution in [0.2, 0.25) is 0 Å². The number of halogens is 3. The van der Waals surface area contributed by atoms with E-state index in [0.717, 1.165) is 11.0 Å².